The van der Waals surface area contributed by atoms with Crippen molar-refractivity contribution in [3.05, 3.63) is 0 Å². The standard InChI is InChI=1S/C7H14INO2/c1-9-7(10)11-6-4-2-3-5-8/h2-6H2,1H3,(H,9,10). The van der Waals surface area contributed by atoms with E-state index < -0.39 is 0 Å². The van der Waals surface area contributed by atoms with Gasteiger partial charge < -0.3 is 10.1 Å². The molecule has 0 heterocycles. The Balaban J connectivity index is 2.95. The Morgan fingerprint density at radius 2 is 2.18 bits per heavy atom. The van der Waals surface area contributed by atoms with Gasteiger partial charge in [-0.1, -0.05) is 22.6 Å². The van der Waals surface area contributed by atoms with Gasteiger partial charge in [-0.3, -0.25) is 0 Å². The van der Waals surface area contributed by atoms with Crippen LogP contribution in [0.5, 0.6) is 0 Å². The maximum Gasteiger partial charge on any atom is 0.406 e. The van der Waals surface area contributed by atoms with Gasteiger partial charge >= 0.3 is 6.09 Å². The number of nitrogens with one attached hydrogen (secondary N) is 1. The molecule has 0 saturated carbocycles. The van der Waals surface area contributed by atoms with Gasteiger partial charge in [0.25, 0.3) is 0 Å². The molecule has 0 fully saturated rings. The lowest BCUT2D eigenvalue weighted by molar-refractivity contribution is 0.146. The molecule has 0 rings (SSSR count). The van der Waals surface area contributed by atoms with Crippen molar-refractivity contribution in [2.24, 2.45) is 0 Å². The predicted octanol–water partition coefficient (Wildman–Crippen LogP) is 1.95. The van der Waals surface area contributed by atoms with Crippen molar-refractivity contribution >= 4 is 28.7 Å². The van der Waals surface area contributed by atoms with Gasteiger partial charge in [0.1, 0.15) is 0 Å². The van der Waals surface area contributed by atoms with E-state index in [1.165, 1.54) is 10.8 Å². The largest absolute Gasteiger partial charge is 0.450 e. The van der Waals surface area contributed by atoms with Crippen LogP contribution in [0.25, 0.3) is 0 Å². The first-order valence-corrected chi connectivity index (χ1v) is 5.24. The molecule has 0 spiro atoms. The second-order valence-electron chi connectivity index (χ2n) is 2.14. The molecule has 0 bridgehead atoms. The summed E-state index contributed by atoms with van der Waals surface area (Å²) in [6.45, 7) is 0.538. The molecule has 0 aromatic carbocycles. The fourth-order valence-corrected chi connectivity index (χ4v) is 1.15. The number of hydrogen-bond acceptors (Lipinski definition) is 2. The topological polar surface area (TPSA) is 38.3 Å². The minimum atomic E-state index is -0.334. The van der Waals surface area contributed by atoms with Gasteiger partial charge in [0.2, 0.25) is 0 Å². The van der Waals surface area contributed by atoms with E-state index in [9.17, 15) is 4.79 Å². The smallest absolute Gasteiger partial charge is 0.406 e. The van der Waals surface area contributed by atoms with Crippen LogP contribution in [-0.4, -0.2) is 24.2 Å². The number of alkyl carbamates (subject to hydrolysis) is 1. The van der Waals surface area contributed by atoms with Gasteiger partial charge in [-0.15, -0.1) is 0 Å². The highest BCUT2D eigenvalue weighted by atomic mass is 127. The van der Waals surface area contributed by atoms with Gasteiger partial charge in [-0.05, 0) is 23.7 Å². The number of unbranched alkanes of at least 4 members (excludes halogenated alkanes) is 2. The summed E-state index contributed by atoms with van der Waals surface area (Å²) in [7, 11) is 1.56. The maximum atomic E-state index is 10.5. The zero-order chi connectivity index (χ0) is 8.53. The lowest BCUT2D eigenvalue weighted by Crippen LogP contribution is -2.19. The van der Waals surface area contributed by atoms with Crippen LogP contribution < -0.4 is 5.32 Å². The molecule has 0 unspecified atom stereocenters. The lowest BCUT2D eigenvalue weighted by atomic mass is 10.3. The molecule has 4 heteroatoms. The number of ether oxygens (including phenoxy) is 1. The molecular weight excluding hydrogens is 257 g/mol. The number of amides is 1. The molecule has 0 aromatic heterocycles. The highest BCUT2D eigenvalue weighted by molar-refractivity contribution is 14.1. The van der Waals surface area contributed by atoms with Crippen molar-refractivity contribution in [3.8, 4) is 0 Å². The van der Waals surface area contributed by atoms with Crippen molar-refractivity contribution in [2.45, 2.75) is 19.3 Å². The normalized spacial score (nSPS) is 9.27. The van der Waals surface area contributed by atoms with Crippen LogP contribution in [0.3, 0.4) is 0 Å². The van der Waals surface area contributed by atoms with E-state index in [0.29, 0.717) is 6.61 Å². The number of halogens is 1. The van der Waals surface area contributed by atoms with Crippen molar-refractivity contribution in [1.82, 2.24) is 5.32 Å². The Kier molecular flexibility index (Phi) is 8.10. The fourth-order valence-electron chi connectivity index (χ4n) is 0.610. The molecule has 0 aliphatic heterocycles. The van der Waals surface area contributed by atoms with Crippen LogP contribution in [0.15, 0.2) is 0 Å². The molecule has 11 heavy (non-hydrogen) atoms. The SMILES string of the molecule is CNC(=O)OCCCCCI. The van der Waals surface area contributed by atoms with E-state index in [2.05, 4.69) is 27.9 Å². The van der Waals surface area contributed by atoms with Gasteiger partial charge in [0.15, 0.2) is 0 Å². The molecular formula is C7H14INO2. The van der Waals surface area contributed by atoms with E-state index in [1.807, 2.05) is 0 Å². The third-order valence-corrected chi connectivity index (χ3v) is 1.98. The average Bonchev–Trinajstić information content (AvgIpc) is 2.04. The molecule has 0 aliphatic carbocycles. The number of hydrogen-bond donors (Lipinski definition) is 1. The average molecular weight is 271 g/mol. The third-order valence-electron chi connectivity index (χ3n) is 1.22. The number of alkyl halides is 1. The van der Waals surface area contributed by atoms with Crippen LogP contribution in [0.4, 0.5) is 4.79 Å². The molecule has 0 saturated heterocycles. The summed E-state index contributed by atoms with van der Waals surface area (Å²) in [5, 5.41) is 2.39. The van der Waals surface area contributed by atoms with E-state index in [-0.39, 0.29) is 6.09 Å². The molecule has 1 amide bonds. The number of rotatable bonds is 5. The van der Waals surface area contributed by atoms with Crippen molar-refractivity contribution < 1.29 is 9.53 Å². The summed E-state index contributed by atoms with van der Waals surface area (Å²) < 4.78 is 5.96. The number of carbonyl (C=O) groups excluding carboxylic acids is 1. The molecule has 0 atom stereocenters. The first kappa shape index (κ1) is 11.0. The van der Waals surface area contributed by atoms with Crippen LogP contribution in [-0.2, 0) is 4.74 Å². The van der Waals surface area contributed by atoms with Crippen molar-refractivity contribution in [3.63, 3.8) is 0 Å². The minimum Gasteiger partial charge on any atom is -0.450 e. The zero-order valence-corrected chi connectivity index (χ0v) is 8.89. The highest BCUT2D eigenvalue weighted by Gasteiger charge is 1.95. The lowest BCUT2D eigenvalue weighted by Gasteiger charge is -2.01. The maximum absolute atomic E-state index is 10.5. The van der Waals surface area contributed by atoms with Crippen LogP contribution in [0.2, 0.25) is 0 Å². The van der Waals surface area contributed by atoms with E-state index in [4.69, 9.17) is 4.74 Å². The molecule has 3 nitrogen and oxygen atoms in total. The zero-order valence-electron chi connectivity index (χ0n) is 6.73. The predicted molar refractivity (Wildman–Crippen MR) is 53.1 cm³/mol. The molecule has 0 radical (unpaired) electrons. The molecule has 1 N–H and O–H groups in total. The quantitative estimate of drug-likeness (QED) is 0.471. The molecule has 0 aromatic rings. The van der Waals surface area contributed by atoms with Crippen molar-refractivity contribution in [1.29, 1.82) is 0 Å². The Morgan fingerprint density at radius 1 is 1.45 bits per heavy atom. The van der Waals surface area contributed by atoms with Crippen molar-refractivity contribution in [2.75, 3.05) is 18.1 Å². The summed E-state index contributed by atoms with van der Waals surface area (Å²) >= 11 is 2.34. The van der Waals surface area contributed by atoms with E-state index in [1.54, 1.807) is 7.05 Å². The van der Waals surface area contributed by atoms with E-state index in [0.717, 1.165) is 12.8 Å². The monoisotopic (exact) mass is 271 g/mol. The van der Waals surface area contributed by atoms with Gasteiger partial charge in [-0.2, -0.15) is 0 Å². The summed E-state index contributed by atoms with van der Waals surface area (Å²) in [4.78, 5) is 10.5. The molecule has 0 aliphatic rings. The summed E-state index contributed by atoms with van der Waals surface area (Å²) in [5.41, 5.74) is 0. The Morgan fingerprint density at radius 3 is 2.73 bits per heavy atom. The summed E-state index contributed by atoms with van der Waals surface area (Å²) in [6, 6.07) is 0. The first-order valence-electron chi connectivity index (χ1n) is 3.71. The first-order chi connectivity index (χ1) is 5.31. The second-order valence-corrected chi connectivity index (χ2v) is 3.21. The minimum absolute atomic E-state index is 0.334. The van der Waals surface area contributed by atoms with Gasteiger partial charge in [0, 0.05) is 7.05 Å². The van der Waals surface area contributed by atoms with Gasteiger partial charge in [0.05, 0.1) is 6.61 Å². The summed E-state index contributed by atoms with van der Waals surface area (Å²) in [5.74, 6) is 0. The van der Waals surface area contributed by atoms with Gasteiger partial charge in [-0.25, -0.2) is 4.79 Å². The van der Waals surface area contributed by atoms with E-state index >= 15 is 0 Å². The Bertz CT molecular complexity index is 109. The Hall–Kier alpha value is 0. The Labute approximate surface area is 81.0 Å². The highest BCUT2D eigenvalue weighted by Crippen LogP contribution is 1.98. The van der Waals surface area contributed by atoms with Crippen LogP contribution in [0, 0.1) is 0 Å². The molecule has 66 valence electrons. The van der Waals surface area contributed by atoms with Crippen LogP contribution >= 0.6 is 22.6 Å². The third kappa shape index (κ3) is 7.90. The summed E-state index contributed by atoms with van der Waals surface area (Å²) in [6.07, 6.45) is 2.98. The number of carbonyl (C=O) groups is 1. The fraction of sp³-hybridized carbons (Fsp3) is 0.857. The van der Waals surface area contributed by atoms with Crippen LogP contribution in [0.1, 0.15) is 19.3 Å². The second kappa shape index (κ2) is 8.10.